The molecule has 4 rings (SSSR count). The Labute approximate surface area is 194 Å². The van der Waals surface area contributed by atoms with E-state index in [0.29, 0.717) is 53.6 Å². The molecule has 1 atom stereocenters. The van der Waals surface area contributed by atoms with E-state index >= 15 is 0 Å². The maximum Gasteiger partial charge on any atom is 0.338 e. The number of halogens is 2. The van der Waals surface area contributed by atoms with Gasteiger partial charge in [-0.05, 0) is 25.0 Å². The van der Waals surface area contributed by atoms with Crippen molar-refractivity contribution in [2.45, 2.75) is 25.8 Å². The van der Waals surface area contributed by atoms with E-state index in [9.17, 15) is 14.0 Å². The largest absolute Gasteiger partial charge is 0.466 e. The molecule has 32 heavy (non-hydrogen) atoms. The molecular formula is C22H22ClFN4O3S. The summed E-state index contributed by atoms with van der Waals surface area (Å²) in [5.41, 5.74) is 1.52. The minimum absolute atomic E-state index is 0.0214. The van der Waals surface area contributed by atoms with Gasteiger partial charge in [0.15, 0.2) is 10.8 Å². The molecule has 2 aliphatic heterocycles. The number of allylic oxidation sites excluding steroid dienone is 1. The van der Waals surface area contributed by atoms with Crippen LogP contribution < -0.4 is 5.32 Å². The van der Waals surface area contributed by atoms with E-state index in [1.807, 2.05) is 5.38 Å². The highest BCUT2D eigenvalue weighted by Gasteiger charge is 2.37. The molecule has 1 fully saturated rings. The molecule has 1 aromatic carbocycles. The number of carbonyl (C=O) groups excluding carboxylic acids is 2. The average Bonchev–Trinajstić information content (AvgIpc) is 3.33. The number of likely N-dealkylation sites (tertiary alicyclic amines) is 1. The van der Waals surface area contributed by atoms with Crippen LogP contribution in [-0.2, 0) is 14.3 Å². The second-order valence-corrected chi connectivity index (χ2v) is 8.91. The normalized spacial score (nSPS) is 19.4. The molecule has 1 saturated heterocycles. The second kappa shape index (κ2) is 9.38. The molecule has 1 amide bonds. The topological polar surface area (TPSA) is 83.9 Å². The van der Waals surface area contributed by atoms with Crippen LogP contribution in [0, 0.1) is 11.7 Å². The molecule has 7 nitrogen and oxygen atoms in total. The molecule has 1 N–H and O–H groups in total. The monoisotopic (exact) mass is 476 g/mol. The molecule has 0 spiro atoms. The standard InChI is InChI=1S/C22H22ClFN4O3S/c1-12(29)28-8-5-13(6-9-28)18-17(22(30)31-2)19(15-4-3-14(24)11-16(15)23)27-20(26-18)21-25-7-10-32-21/h3-4,7,10-11,13,19H,5-6,8-9H2,1-2H3,(H,26,27). The van der Waals surface area contributed by atoms with Crippen LogP contribution in [0.25, 0.3) is 0 Å². The van der Waals surface area contributed by atoms with Gasteiger partial charge in [0.05, 0.1) is 12.7 Å². The van der Waals surface area contributed by atoms with Gasteiger partial charge < -0.3 is 15.0 Å². The summed E-state index contributed by atoms with van der Waals surface area (Å²) in [7, 11) is 1.31. The Balaban J connectivity index is 1.82. The summed E-state index contributed by atoms with van der Waals surface area (Å²) in [5, 5.41) is 5.99. The van der Waals surface area contributed by atoms with Crippen molar-refractivity contribution in [2.75, 3.05) is 20.2 Å². The number of methoxy groups -OCH3 is 1. The zero-order chi connectivity index (χ0) is 22.8. The van der Waals surface area contributed by atoms with Crippen LogP contribution in [0.3, 0.4) is 0 Å². The van der Waals surface area contributed by atoms with Crippen LogP contribution in [0.5, 0.6) is 0 Å². The van der Waals surface area contributed by atoms with Gasteiger partial charge in [-0.2, -0.15) is 0 Å². The highest BCUT2D eigenvalue weighted by atomic mass is 35.5. The van der Waals surface area contributed by atoms with Gasteiger partial charge in [0.1, 0.15) is 11.9 Å². The fourth-order valence-electron chi connectivity index (χ4n) is 4.10. The molecular weight excluding hydrogens is 455 g/mol. The summed E-state index contributed by atoms with van der Waals surface area (Å²) in [4.78, 5) is 35.6. The first-order chi connectivity index (χ1) is 15.4. The van der Waals surface area contributed by atoms with E-state index in [1.54, 1.807) is 18.0 Å². The number of nitrogens with zero attached hydrogens (tertiary/aromatic N) is 3. The summed E-state index contributed by atoms with van der Waals surface area (Å²) in [5.74, 6) is -0.483. The molecule has 0 saturated carbocycles. The number of aromatic nitrogens is 1. The number of thiazole rings is 1. The van der Waals surface area contributed by atoms with Gasteiger partial charge in [0, 0.05) is 53.8 Å². The van der Waals surface area contributed by atoms with Crippen LogP contribution in [-0.4, -0.2) is 47.8 Å². The molecule has 2 aromatic rings. The number of hydrogen-bond donors (Lipinski definition) is 1. The van der Waals surface area contributed by atoms with Gasteiger partial charge >= 0.3 is 5.97 Å². The van der Waals surface area contributed by atoms with Crippen LogP contribution in [0.1, 0.15) is 36.4 Å². The molecule has 10 heteroatoms. The van der Waals surface area contributed by atoms with Gasteiger partial charge in [0.25, 0.3) is 0 Å². The first-order valence-corrected chi connectivity index (χ1v) is 11.4. The lowest BCUT2D eigenvalue weighted by Crippen LogP contribution is -2.42. The number of hydrogen-bond acceptors (Lipinski definition) is 7. The van der Waals surface area contributed by atoms with Crippen LogP contribution >= 0.6 is 22.9 Å². The first-order valence-electron chi connectivity index (χ1n) is 10.2. The van der Waals surface area contributed by atoms with Gasteiger partial charge in [-0.1, -0.05) is 17.7 Å². The van der Waals surface area contributed by atoms with E-state index in [1.165, 1.54) is 36.6 Å². The van der Waals surface area contributed by atoms with Gasteiger partial charge in [-0.15, -0.1) is 11.3 Å². The lowest BCUT2D eigenvalue weighted by molar-refractivity contribution is -0.136. The summed E-state index contributed by atoms with van der Waals surface area (Å²) < 4.78 is 18.8. The molecule has 2 aliphatic rings. The SMILES string of the molecule is COC(=O)C1=C(C2CCN(C(C)=O)CC2)NC(c2nccs2)=NC1c1ccc(F)cc1Cl. The van der Waals surface area contributed by atoms with Crippen LogP contribution in [0.15, 0.2) is 46.0 Å². The van der Waals surface area contributed by atoms with Crippen molar-refractivity contribution in [1.29, 1.82) is 0 Å². The van der Waals surface area contributed by atoms with Crippen molar-refractivity contribution >= 4 is 40.6 Å². The smallest absolute Gasteiger partial charge is 0.338 e. The number of esters is 1. The number of nitrogens with one attached hydrogen (secondary N) is 1. The third kappa shape index (κ3) is 4.40. The Morgan fingerprint density at radius 1 is 1.31 bits per heavy atom. The van der Waals surface area contributed by atoms with E-state index < -0.39 is 17.8 Å². The lowest BCUT2D eigenvalue weighted by Gasteiger charge is -2.36. The summed E-state index contributed by atoms with van der Waals surface area (Å²) in [6.07, 6.45) is 3.03. The summed E-state index contributed by atoms with van der Waals surface area (Å²) >= 11 is 7.79. The number of amidine groups is 1. The predicted molar refractivity (Wildman–Crippen MR) is 120 cm³/mol. The van der Waals surface area contributed by atoms with Gasteiger partial charge in [-0.3, -0.25) is 9.79 Å². The number of aliphatic imine (C=N–C) groups is 1. The van der Waals surface area contributed by atoms with Crippen molar-refractivity contribution in [3.8, 4) is 0 Å². The number of ether oxygens (including phenoxy) is 1. The number of carbonyl (C=O) groups is 2. The number of benzene rings is 1. The van der Waals surface area contributed by atoms with Crippen molar-refractivity contribution in [1.82, 2.24) is 15.2 Å². The maximum absolute atomic E-state index is 13.7. The predicted octanol–water partition coefficient (Wildman–Crippen LogP) is 3.71. The fraction of sp³-hybridized carbons (Fsp3) is 0.364. The number of amides is 1. The van der Waals surface area contributed by atoms with Gasteiger partial charge in [0.2, 0.25) is 5.91 Å². The Morgan fingerprint density at radius 2 is 2.06 bits per heavy atom. The summed E-state index contributed by atoms with van der Waals surface area (Å²) in [6.45, 7) is 2.73. The highest BCUT2D eigenvalue weighted by Crippen LogP contribution is 2.40. The molecule has 168 valence electrons. The number of rotatable bonds is 4. The third-order valence-corrected chi connectivity index (χ3v) is 6.83. The average molecular weight is 477 g/mol. The Hall–Kier alpha value is -2.78. The lowest BCUT2D eigenvalue weighted by atomic mass is 9.85. The molecule has 3 heterocycles. The van der Waals surface area contributed by atoms with Crippen molar-refractivity contribution in [3.05, 3.63) is 62.5 Å². The van der Waals surface area contributed by atoms with E-state index in [2.05, 4.69) is 10.3 Å². The minimum Gasteiger partial charge on any atom is -0.466 e. The second-order valence-electron chi connectivity index (χ2n) is 7.61. The third-order valence-electron chi connectivity index (χ3n) is 5.72. The maximum atomic E-state index is 13.7. The van der Waals surface area contributed by atoms with Crippen molar-refractivity contribution in [2.24, 2.45) is 10.9 Å². The fourth-order valence-corrected chi connectivity index (χ4v) is 4.96. The quantitative estimate of drug-likeness (QED) is 0.680. The van der Waals surface area contributed by atoms with E-state index in [4.69, 9.17) is 21.3 Å². The van der Waals surface area contributed by atoms with Crippen molar-refractivity contribution < 1.29 is 18.7 Å². The first kappa shape index (κ1) is 22.4. The van der Waals surface area contributed by atoms with Gasteiger partial charge in [-0.25, -0.2) is 14.2 Å². The highest BCUT2D eigenvalue weighted by molar-refractivity contribution is 7.11. The molecule has 0 aliphatic carbocycles. The molecule has 1 aromatic heterocycles. The zero-order valence-corrected chi connectivity index (χ0v) is 19.2. The Morgan fingerprint density at radius 3 is 2.66 bits per heavy atom. The van der Waals surface area contributed by atoms with E-state index in [-0.39, 0.29) is 16.8 Å². The molecule has 1 unspecified atom stereocenters. The van der Waals surface area contributed by atoms with E-state index in [0.717, 1.165) is 0 Å². The van der Waals surface area contributed by atoms with Crippen LogP contribution in [0.4, 0.5) is 4.39 Å². The Kier molecular flexibility index (Phi) is 6.57. The molecule has 0 radical (unpaired) electrons. The van der Waals surface area contributed by atoms with Crippen molar-refractivity contribution in [3.63, 3.8) is 0 Å². The Bertz CT molecular complexity index is 1090. The van der Waals surface area contributed by atoms with Crippen LogP contribution in [0.2, 0.25) is 5.02 Å². The molecule has 0 bridgehead atoms. The minimum atomic E-state index is -0.781. The summed E-state index contributed by atoms with van der Waals surface area (Å²) in [6, 6.07) is 3.26. The zero-order valence-electron chi connectivity index (χ0n) is 17.6. The number of piperidine rings is 1.